The zero-order valence-corrected chi connectivity index (χ0v) is 11.5. The first-order chi connectivity index (χ1) is 9.02. The summed E-state index contributed by atoms with van der Waals surface area (Å²) in [5.41, 5.74) is 1.16. The SMILES string of the molecule is CNc1cnccc1C(=O)NCC1CCS(=O)(=O)C1. The van der Waals surface area contributed by atoms with Gasteiger partial charge in [0.05, 0.1) is 29.0 Å². The van der Waals surface area contributed by atoms with E-state index in [1.165, 1.54) is 0 Å². The predicted molar refractivity (Wildman–Crippen MR) is 72.9 cm³/mol. The highest BCUT2D eigenvalue weighted by Gasteiger charge is 2.28. The van der Waals surface area contributed by atoms with E-state index in [0.717, 1.165) is 0 Å². The average Bonchev–Trinajstić information content (AvgIpc) is 2.75. The Morgan fingerprint density at radius 2 is 2.32 bits per heavy atom. The number of hydrogen-bond acceptors (Lipinski definition) is 5. The number of carbonyl (C=O) groups excluding carboxylic acids is 1. The molecule has 0 spiro atoms. The van der Waals surface area contributed by atoms with E-state index in [1.807, 2.05) is 0 Å². The minimum absolute atomic E-state index is 0.0221. The number of rotatable bonds is 4. The third-order valence-corrected chi connectivity index (χ3v) is 5.05. The van der Waals surface area contributed by atoms with E-state index in [9.17, 15) is 13.2 Å². The maximum absolute atomic E-state index is 12.0. The third-order valence-electron chi connectivity index (χ3n) is 3.21. The number of carbonyl (C=O) groups is 1. The Morgan fingerprint density at radius 3 is 2.95 bits per heavy atom. The van der Waals surface area contributed by atoms with Gasteiger partial charge >= 0.3 is 0 Å². The minimum Gasteiger partial charge on any atom is -0.386 e. The van der Waals surface area contributed by atoms with Gasteiger partial charge in [0.25, 0.3) is 5.91 Å². The number of hydrogen-bond donors (Lipinski definition) is 2. The van der Waals surface area contributed by atoms with Gasteiger partial charge in [-0.1, -0.05) is 0 Å². The van der Waals surface area contributed by atoms with Crippen molar-refractivity contribution in [2.75, 3.05) is 30.4 Å². The number of sulfone groups is 1. The van der Waals surface area contributed by atoms with Crippen molar-refractivity contribution < 1.29 is 13.2 Å². The molecule has 2 heterocycles. The summed E-state index contributed by atoms with van der Waals surface area (Å²) in [6, 6.07) is 1.63. The first-order valence-electron chi connectivity index (χ1n) is 6.12. The van der Waals surface area contributed by atoms with Crippen LogP contribution in [0.4, 0.5) is 5.69 Å². The standard InChI is InChI=1S/C12H17N3O3S/c1-13-11-7-14-4-2-10(11)12(16)15-6-9-3-5-19(17,18)8-9/h2,4,7,9,13H,3,5-6,8H2,1H3,(H,15,16). The predicted octanol–water partition coefficient (Wildman–Crippen LogP) is 0.288. The smallest absolute Gasteiger partial charge is 0.253 e. The second kappa shape index (κ2) is 5.56. The van der Waals surface area contributed by atoms with Gasteiger partial charge in [0.2, 0.25) is 0 Å². The van der Waals surface area contributed by atoms with Crippen LogP contribution in [0.15, 0.2) is 18.5 Å². The molecule has 1 saturated heterocycles. The van der Waals surface area contributed by atoms with Gasteiger partial charge in [-0.3, -0.25) is 9.78 Å². The minimum atomic E-state index is -2.89. The van der Waals surface area contributed by atoms with Gasteiger partial charge in [0, 0.05) is 19.8 Å². The molecular weight excluding hydrogens is 266 g/mol. The molecule has 1 aromatic heterocycles. The van der Waals surface area contributed by atoms with Gasteiger partial charge in [0.15, 0.2) is 9.84 Å². The lowest BCUT2D eigenvalue weighted by Gasteiger charge is -2.11. The first-order valence-corrected chi connectivity index (χ1v) is 7.94. The van der Waals surface area contributed by atoms with Crippen molar-refractivity contribution in [3.8, 4) is 0 Å². The summed E-state index contributed by atoms with van der Waals surface area (Å²) in [5.74, 6) is 0.206. The van der Waals surface area contributed by atoms with E-state index >= 15 is 0 Å². The molecular formula is C12H17N3O3S. The summed E-state index contributed by atoms with van der Waals surface area (Å²) < 4.78 is 22.7. The van der Waals surface area contributed by atoms with E-state index in [1.54, 1.807) is 25.5 Å². The van der Waals surface area contributed by atoms with Crippen LogP contribution in [0.1, 0.15) is 16.8 Å². The average molecular weight is 283 g/mol. The van der Waals surface area contributed by atoms with Crippen molar-refractivity contribution in [3.05, 3.63) is 24.0 Å². The number of pyridine rings is 1. The summed E-state index contributed by atoms with van der Waals surface area (Å²) in [6.07, 6.45) is 3.75. The van der Waals surface area contributed by atoms with Crippen molar-refractivity contribution in [3.63, 3.8) is 0 Å². The van der Waals surface area contributed by atoms with Crippen LogP contribution in [0.25, 0.3) is 0 Å². The van der Waals surface area contributed by atoms with Gasteiger partial charge in [-0.15, -0.1) is 0 Å². The zero-order chi connectivity index (χ0) is 13.9. The van der Waals surface area contributed by atoms with Crippen LogP contribution in [0, 0.1) is 5.92 Å². The van der Waals surface area contributed by atoms with Crippen molar-refractivity contribution in [2.45, 2.75) is 6.42 Å². The van der Waals surface area contributed by atoms with Gasteiger partial charge in [-0.2, -0.15) is 0 Å². The Labute approximate surface area is 112 Å². The van der Waals surface area contributed by atoms with Crippen LogP contribution >= 0.6 is 0 Å². The van der Waals surface area contributed by atoms with Crippen LogP contribution < -0.4 is 10.6 Å². The molecule has 0 bridgehead atoms. The van der Waals surface area contributed by atoms with Gasteiger partial charge in [-0.05, 0) is 18.4 Å². The summed E-state index contributed by atoms with van der Waals surface area (Å²) in [5, 5.41) is 5.68. The Bertz CT molecular complexity index is 571. The van der Waals surface area contributed by atoms with Crippen LogP contribution in [0.5, 0.6) is 0 Å². The van der Waals surface area contributed by atoms with Crippen molar-refractivity contribution >= 4 is 21.4 Å². The van der Waals surface area contributed by atoms with E-state index in [-0.39, 0.29) is 23.3 Å². The summed E-state index contributed by atoms with van der Waals surface area (Å²) in [7, 11) is -1.17. The molecule has 1 atom stereocenters. The molecule has 0 radical (unpaired) electrons. The molecule has 2 N–H and O–H groups in total. The van der Waals surface area contributed by atoms with Crippen LogP contribution in [0.3, 0.4) is 0 Å². The van der Waals surface area contributed by atoms with E-state index < -0.39 is 9.84 Å². The summed E-state index contributed by atoms with van der Waals surface area (Å²) in [4.78, 5) is 15.9. The molecule has 1 aliphatic rings. The summed E-state index contributed by atoms with van der Waals surface area (Å²) >= 11 is 0. The maximum atomic E-state index is 12.0. The fraction of sp³-hybridized carbons (Fsp3) is 0.500. The molecule has 1 unspecified atom stereocenters. The highest BCUT2D eigenvalue weighted by Crippen LogP contribution is 2.18. The lowest BCUT2D eigenvalue weighted by atomic mass is 10.1. The normalized spacial score (nSPS) is 21.0. The second-order valence-electron chi connectivity index (χ2n) is 4.65. The van der Waals surface area contributed by atoms with E-state index in [0.29, 0.717) is 24.2 Å². The number of anilines is 1. The van der Waals surface area contributed by atoms with Crippen molar-refractivity contribution in [1.82, 2.24) is 10.3 Å². The number of aromatic nitrogens is 1. The molecule has 1 fully saturated rings. The van der Waals surface area contributed by atoms with Crippen LogP contribution in [-0.2, 0) is 9.84 Å². The van der Waals surface area contributed by atoms with Gasteiger partial charge in [0.1, 0.15) is 0 Å². The zero-order valence-electron chi connectivity index (χ0n) is 10.7. The van der Waals surface area contributed by atoms with Gasteiger partial charge in [-0.25, -0.2) is 8.42 Å². The van der Waals surface area contributed by atoms with Gasteiger partial charge < -0.3 is 10.6 Å². The Morgan fingerprint density at radius 1 is 1.53 bits per heavy atom. The molecule has 1 amide bonds. The molecule has 2 rings (SSSR count). The molecule has 1 aliphatic heterocycles. The van der Waals surface area contributed by atoms with E-state index in [4.69, 9.17) is 0 Å². The Balaban J connectivity index is 1.95. The quantitative estimate of drug-likeness (QED) is 0.829. The Hall–Kier alpha value is -1.63. The number of nitrogens with one attached hydrogen (secondary N) is 2. The van der Waals surface area contributed by atoms with E-state index in [2.05, 4.69) is 15.6 Å². The monoisotopic (exact) mass is 283 g/mol. The lowest BCUT2D eigenvalue weighted by molar-refractivity contribution is 0.0949. The fourth-order valence-corrected chi connectivity index (χ4v) is 4.02. The molecule has 6 nitrogen and oxygen atoms in total. The number of nitrogens with zero attached hydrogens (tertiary/aromatic N) is 1. The Kier molecular flexibility index (Phi) is 4.04. The lowest BCUT2D eigenvalue weighted by Crippen LogP contribution is -2.30. The third kappa shape index (κ3) is 3.44. The highest BCUT2D eigenvalue weighted by molar-refractivity contribution is 7.91. The van der Waals surface area contributed by atoms with Crippen LogP contribution in [-0.4, -0.2) is 44.4 Å². The molecule has 1 aromatic rings. The summed E-state index contributed by atoms with van der Waals surface area (Å²) in [6.45, 7) is 0.392. The topological polar surface area (TPSA) is 88.2 Å². The molecule has 104 valence electrons. The maximum Gasteiger partial charge on any atom is 0.253 e. The largest absolute Gasteiger partial charge is 0.386 e. The molecule has 7 heteroatoms. The van der Waals surface area contributed by atoms with Crippen molar-refractivity contribution in [2.24, 2.45) is 5.92 Å². The molecule has 0 aliphatic carbocycles. The van der Waals surface area contributed by atoms with Crippen LogP contribution in [0.2, 0.25) is 0 Å². The molecule has 0 saturated carbocycles. The first kappa shape index (κ1) is 13.8. The molecule has 0 aromatic carbocycles. The van der Waals surface area contributed by atoms with Crippen molar-refractivity contribution in [1.29, 1.82) is 0 Å². The number of amides is 1. The second-order valence-corrected chi connectivity index (χ2v) is 6.88. The highest BCUT2D eigenvalue weighted by atomic mass is 32.2. The molecule has 19 heavy (non-hydrogen) atoms. The fourth-order valence-electron chi connectivity index (χ4n) is 2.16.